The molecule has 13 heteroatoms. The predicted octanol–water partition coefficient (Wildman–Crippen LogP) is 4.93. The summed E-state index contributed by atoms with van der Waals surface area (Å²) in [5, 5.41) is 3.72. The van der Waals surface area contributed by atoms with Crippen LogP contribution in [0.4, 0.5) is 20.4 Å². The van der Waals surface area contributed by atoms with Gasteiger partial charge >= 0.3 is 0 Å². The molecule has 0 bridgehead atoms. The number of nitrogens with one attached hydrogen (secondary N) is 2. The third-order valence-electron chi connectivity index (χ3n) is 6.80. The summed E-state index contributed by atoms with van der Waals surface area (Å²) >= 11 is 0. The molecule has 2 aromatic heterocycles. The maximum atomic E-state index is 14.3. The quantitative estimate of drug-likeness (QED) is 0.281. The van der Waals surface area contributed by atoms with E-state index >= 15 is 0 Å². The van der Waals surface area contributed by atoms with E-state index in [-0.39, 0.29) is 11.6 Å². The molecule has 1 fully saturated rings. The number of anilines is 2. The van der Waals surface area contributed by atoms with Crippen LogP contribution in [0.1, 0.15) is 18.5 Å². The molecule has 4 aromatic rings. The lowest BCUT2D eigenvalue weighted by Crippen LogP contribution is -2.21. The number of hydrogen-bond donors (Lipinski definition) is 2. The maximum absolute atomic E-state index is 14.3. The number of sulfonamides is 1. The number of hydrogen-bond acceptors (Lipinski definition) is 9. The summed E-state index contributed by atoms with van der Waals surface area (Å²) < 4.78 is 73.1. The van der Waals surface area contributed by atoms with E-state index in [1.54, 1.807) is 7.05 Å². The SMILES string of the molecule is CNc1nc(C)c2cc(-c3cnc(OC)c(NS(=O)(=O)c4ccc(F)cc4F)c3)cc(OCC3CCOCC3)c2n1. The lowest BCUT2D eigenvalue weighted by molar-refractivity contribution is 0.0500. The van der Waals surface area contributed by atoms with Gasteiger partial charge in [-0.1, -0.05) is 0 Å². The van der Waals surface area contributed by atoms with Crippen molar-refractivity contribution in [3.05, 3.63) is 59.9 Å². The Morgan fingerprint density at radius 3 is 2.56 bits per heavy atom. The van der Waals surface area contributed by atoms with Crippen molar-refractivity contribution in [2.45, 2.75) is 24.7 Å². The molecule has 1 aliphatic heterocycles. The molecule has 3 heterocycles. The number of rotatable bonds is 9. The summed E-state index contributed by atoms with van der Waals surface area (Å²) in [7, 11) is -1.38. The van der Waals surface area contributed by atoms with Gasteiger partial charge in [0, 0.05) is 43.5 Å². The van der Waals surface area contributed by atoms with Crippen LogP contribution < -0.4 is 19.5 Å². The van der Waals surface area contributed by atoms with Crippen molar-refractivity contribution in [3.8, 4) is 22.8 Å². The molecule has 2 N–H and O–H groups in total. The third-order valence-corrected chi connectivity index (χ3v) is 8.20. The topological polar surface area (TPSA) is 125 Å². The van der Waals surface area contributed by atoms with E-state index in [4.69, 9.17) is 14.2 Å². The minimum absolute atomic E-state index is 0.0306. The first-order chi connectivity index (χ1) is 19.7. The second-order valence-corrected chi connectivity index (χ2v) is 11.2. The van der Waals surface area contributed by atoms with Gasteiger partial charge in [-0.05, 0) is 61.6 Å². The van der Waals surface area contributed by atoms with Crippen LogP contribution in [0.15, 0.2) is 47.5 Å². The Morgan fingerprint density at radius 1 is 1.07 bits per heavy atom. The second kappa shape index (κ2) is 11.8. The minimum atomic E-state index is -4.44. The van der Waals surface area contributed by atoms with Crippen LogP contribution in [0.5, 0.6) is 11.6 Å². The van der Waals surface area contributed by atoms with Gasteiger partial charge in [-0.15, -0.1) is 0 Å². The van der Waals surface area contributed by atoms with Gasteiger partial charge in [-0.3, -0.25) is 4.72 Å². The Balaban J connectivity index is 1.56. The molecule has 1 aliphatic rings. The van der Waals surface area contributed by atoms with Crippen LogP contribution in [0.3, 0.4) is 0 Å². The van der Waals surface area contributed by atoms with Crippen LogP contribution >= 0.6 is 0 Å². The fraction of sp³-hybridized carbons (Fsp3) is 0.321. The van der Waals surface area contributed by atoms with Crippen molar-refractivity contribution in [1.82, 2.24) is 15.0 Å². The van der Waals surface area contributed by atoms with E-state index in [1.807, 2.05) is 19.1 Å². The molecule has 0 atom stereocenters. The molecule has 10 nitrogen and oxygen atoms in total. The summed E-state index contributed by atoms with van der Waals surface area (Å²) in [6, 6.07) is 7.42. The van der Waals surface area contributed by atoms with Crippen LogP contribution in [0, 0.1) is 24.5 Å². The molecular formula is C28H29F2N5O5S. The first kappa shape index (κ1) is 28.4. The van der Waals surface area contributed by atoms with Crippen LogP contribution in [0.2, 0.25) is 0 Å². The van der Waals surface area contributed by atoms with Crippen molar-refractivity contribution in [3.63, 3.8) is 0 Å². The van der Waals surface area contributed by atoms with E-state index in [0.717, 1.165) is 30.4 Å². The summed E-state index contributed by atoms with van der Waals surface area (Å²) in [6.45, 7) is 3.73. The largest absolute Gasteiger partial charge is 0.491 e. The van der Waals surface area contributed by atoms with E-state index in [0.29, 0.717) is 65.8 Å². The van der Waals surface area contributed by atoms with Crippen LogP contribution in [0.25, 0.3) is 22.0 Å². The molecular weight excluding hydrogens is 556 g/mol. The Hall–Kier alpha value is -4.10. The molecule has 0 unspecified atom stereocenters. The van der Waals surface area contributed by atoms with Crippen LogP contribution in [-0.2, 0) is 14.8 Å². The van der Waals surface area contributed by atoms with Gasteiger partial charge in [-0.25, -0.2) is 32.2 Å². The molecule has 0 aliphatic carbocycles. The first-order valence-corrected chi connectivity index (χ1v) is 14.4. The molecule has 5 rings (SSSR count). The van der Waals surface area contributed by atoms with Crippen molar-refractivity contribution in [2.75, 3.05) is 44.0 Å². The number of ether oxygens (including phenoxy) is 3. The number of pyridine rings is 1. The summed E-state index contributed by atoms with van der Waals surface area (Å²) in [5.74, 6) is -0.820. The minimum Gasteiger partial charge on any atom is -0.491 e. The van der Waals surface area contributed by atoms with Gasteiger partial charge < -0.3 is 19.5 Å². The number of halogens is 2. The van der Waals surface area contributed by atoms with Gasteiger partial charge in [-0.2, -0.15) is 0 Å². The number of nitrogens with zero attached hydrogens (tertiary/aromatic N) is 3. The number of methoxy groups -OCH3 is 1. The zero-order chi connectivity index (χ0) is 29.1. The highest BCUT2D eigenvalue weighted by atomic mass is 32.2. The fourth-order valence-corrected chi connectivity index (χ4v) is 5.71. The van der Waals surface area contributed by atoms with E-state index in [2.05, 4.69) is 25.0 Å². The molecule has 1 saturated heterocycles. The molecule has 0 amide bonds. The fourth-order valence-electron chi connectivity index (χ4n) is 4.60. The number of aryl methyl sites for hydroxylation is 1. The van der Waals surface area contributed by atoms with Crippen molar-refractivity contribution < 1.29 is 31.4 Å². The Morgan fingerprint density at radius 2 is 1.85 bits per heavy atom. The zero-order valence-electron chi connectivity index (χ0n) is 22.7. The highest BCUT2D eigenvalue weighted by molar-refractivity contribution is 7.92. The standard InChI is InChI=1S/C28H29F2N5O5S/c1-16-21-10-18(12-24(26(21)34-28(31-2)33-16)40-15-17-6-8-39-9-7-17)19-11-23(27(38-3)32-14-19)35-41(36,37)25-5-4-20(29)13-22(25)30/h4-5,10-14,17,35H,6-9,15H2,1-3H3,(H,31,33,34). The monoisotopic (exact) mass is 585 g/mol. The number of benzene rings is 2. The molecule has 0 saturated carbocycles. The summed E-state index contributed by atoms with van der Waals surface area (Å²) in [4.78, 5) is 12.7. The van der Waals surface area contributed by atoms with Crippen molar-refractivity contribution in [2.24, 2.45) is 5.92 Å². The number of fused-ring (bicyclic) bond motifs is 1. The normalized spacial score (nSPS) is 14.2. The third kappa shape index (κ3) is 6.15. The van der Waals surface area contributed by atoms with E-state index in [1.165, 1.54) is 19.4 Å². The summed E-state index contributed by atoms with van der Waals surface area (Å²) in [5.41, 5.74) is 2.50. The Labute approximate surface area is 236 Å². The first-order valence-electron chi connectivity index (χ1n) is 12.9. The average Bonchev–Trinajstić information content (AvgIpc) is 2.96. The summed E-state index contributed by atoms with van der Waals surface area (Å²) in [6.07, 6.45) is 3.32. The van der Waals surface area contributed by atoms with Gasteiger partial charge in [0.1, 0.15) is 33.5 Å². The maximum Gasteiger partial charge on any atom is 0.264 e. The second-order valence-electron chi connectivity index (χ2n) is 9.58. The van der Waals surface area contributed by atoms with Gasteiger partial charge in [0.15, 0.2) is 0 Å². The van der Waals surface area contributed by atoms with Crippen molar-refractivity contribution in [1.29, 1.82) is 0 Å². The zero-order valence-corrected chi connectivity index (χ0v) is 23.5. The smallest absolute Gasteiger partial charge is 0.264 e. The molecule has 2 aromatic carbocycles. The van der Waals surface area contributed by atoms with E-state index in [9.17, 15) is 17.2 Å². The molecule has 0 radical (unpaired) electrons. The highest BCUT2D eigenvalue weighted by Crippen LogP contribution is 2.36. The average molecular weight is 586 g/mol. The lowest BCUT2D eigenvalue weighted by Gasteiger charge is -2.22. The lowest BCUT2D eigenvalue weighted by atomic mass is 10.0. The molecule has 41 heavy (non-hydrogen) atoms. The Bertz CT molecular complexity index is 1700. The van der Waals surface area contributed by atoms with Crippen molar-refractivity contribution >= 4 is 32.6 Å². The van der Waals surface area contributed by atoms with Gasteiger partial charge in [0.05, 0.1) is 19.4 Å². The molecule has 216 valence electrons. The predicted molar refractivity (Wildman–Crippen MR) is 150 cm³/mol. The number of aromatic nitrogens is 3. The highest BCUT2D eigenvalue weighted by Gasteiger charge is 2.23. The molecule has 0 spiro atoms. The van der Waals surface area contributed by atoms with Gasteiger partial charge in [0.25, 0.3) is 10.0 Å². The van der Waals surface area contributed by atoms with Gasteiger partial charge in [0.2, 0.25) is 11.8 Å². The Kier molecular flexibility index (Phi) is 8.18. The van der Waals surface area contributed by atoms with E-state index < -0.39 is 26.6 Å². The van der Waals surface area contributed by atoms with Crippen LogP contribution in [-0.4, -0.2) is 57.3 Å².